The second kappa shape index (κ2) is 7.98. The second-order valence-electron chi connectivity index (χ2n) is 10.1. The molecular formula is C24H38N4O. The number of rotatable bonds is 4. The number of nitrogens with one attached hydrogen (secondary N) is 2. The minimum atomic E-state index is 0.357. The minimum Gasteiger partial charge on any atom is -0.369 e. The molecule has 5 heteroatoms. The number of carbonyl (C=O) groups is 1. The van der Waals surface area contributed by atoms with Crippen LogP contribution in [-0.2, 0) is 4.79 Å². The molecule has 3 unspecified atom stereocenters. The summed E-state index contributed by atoms with van der Waals surface area (Å²) in [6.07, 6.45) is 16.8. The summed E-state index contributed by atoms with van der Waals surface area (Å²) in [6.45, 7) is 4.57. The van der Waals surface area contributed by atoms with E-state index in [1.54, 1.807) is 0 Å². The van der Waals surface area contributed by atoms with Crippen LogP contribution >= 0.6 is 0 Å². The fourth-order valence-corrected chi connectivity index (χ4v) is 6.44. The Morgan fingerprint density at radius 3 is 2.45 bits per heavy atom. The lowest BCUT2D eigenvalue weighted by molar-refractivity contribution is -0.130. The van der Waals surface area contributed by atoms with Gasteiger partial charge in [0.2, 0.25) is 0 Å². The fraction of sp³-hybridized carbons (Fsp3) is 0.792. The molecule has 29 heavy (non-hydrogen) atoms. The van der Waals surface area contributed by atoms with Crippen LogP contribution in [0.1, 0.15) is 90.9 Å². The number of nitrogens with zero attached hydrogens (tertiary/aromatic N) is 2. The van der Waals surface area contributed by atoms with Crippen molar-refractivity contribution in [3.63, 3.8) is 0 Å². The molecule has 0 aromatic rings. The van der Waals surface area contributed by atoms with Crippen molar-refractivity contribution in [2.75, 3.05) is 0 Å². The van der Waals surface area contributed by atoms with Crippen LogP contribution < -0.4 is 10.9 Å². The summed E-state index contributed by atoms with van der Waals surface area (Å²) >= 11 is 0. The highest BCUT2D eigenvalue weighted by Gasteiger charge is 2.44. The number of fused-ring (bicyclic) bond motifs is 1. The Morgan fingerprint density at radius 1 is 1.00 bits per heavy atom. The number of hydrogen-bond donors (Lipinski definition) is 2. The summed E-state index contributed by atoms with van der Waals surface area (Å²) in [4.78, 5) is 18.8. The predicted octanol–water partition coefficient (Wildman–Crippen LogP) is 3.98. The molecule has 2 heterocycles. The average molecular weight is 399 g/mol. The Hall–Kier alpha value is -1.49. The first-order chi connectivity index (χ1) is 14.1. The van der Waals surface area contributed by atoms with Gasteiger partial charge in [0.1, 0.15) is 0 Å². The molecule has 0 aromatic carbocycles. The Morgan fingerprint density at radius 2 is 1.72 bits per heavy atom. The fourth-order valence-electron chi connectivity index (χ4n) is 6.44. The average Bonchev–Trinajstić information content (AvgIpc) is 3.42. The molecule has 5 aliphatic rings. The van der Waals surface area contributed by atoms with E-state index in [1.807, 2.05) is 0 Å². The van der Waals surface area contributed by atoms with Gasteiger partial charge in [-0.3, -0.25) is 4.79 Å². The molecule has 0 radical (unpaired) electrons. The Bertz CT molecular complexity index is 702. The summed E-state index contributed by atoms with van der Waals surface area (Å²) in [5, 5.41) is 0. The van der Waals surface area contributed by atoms with Crippen LogP contribution in [-0.4, -0.2) is 45.9 Å². The SMILES string of the molecule is CC1=C(C(=O)N(C2CC2)C2CCC3NNC=C3C2)CC(C)N1C1CCCCCC1. The van der Waals surface area contributed by atoms with Crippen molar-refractivity contribution in [1.29, 1.82) is 0 Å². The zero-order valence-corrected chi connectivity index (χ0v) is 18.3. The quantitative estimate of drug-likeness (QED) is 0.703. The standard InChI is InChI=1S/C24H38N4O/c1-16-13-22(17(2)27(16)19-7-5-3-4-6-8-19)24(29)28(20-9-10-20)21-11-12-23-18(14-21)15-25-26-23/h15-16,19-21,23,25-26H,3-14H2,1-2H3. The lowest BCUT2D eigenvalue weighted by atomic mass is 9.86. The zero-order valence-electron chi connectivity index (χ0n) is 18.3. The molecule has 3 aliphatic carbocycles. The van der Waals surface area contributed by atoms with Gasteiger partial charge >= 0.3 is 0 Å². The molecule has 160 valence electrons. The van der Waals surface area contributed by atoms with E-state index in [0.717, 1.165) is 31.3 Å². The van der Waals surface area contributed by atoms with Gasteiger partial charge in [-0.15, -0.1) is 0 Å². The van der Waals surface area contributed by atoms with Crippen LogP contribution in [0.4, 0.5) is 0 Å². The van der Waals surface area contributed by atoms with E-state index in [1.165, 1.54) is 62.6 Å². The number of carbonyl (C=O) groups excluding carboxylic acids is 1. The first-order valence-corrected chi connectivity index (χ1v) is 12.1. The monoisotopic (exact) mass is 398 g/mol. The van der Waals surface area contributed by atoms with Gasteiger partial charge < -0.3 is 15.2 Å². The number of hydrogen-bond acceptors (Lipinski definition) is 4. The maximum absolute atomic E-state index is 13.9. The lowest BCUT2D eigenvalue weighted by Gasteiger charge is -2.37. The Labute approximate surface area is 175 Å². The minimum absolute atomic E-state index is 0.357. The molecule has 0 bridgehead atoms. The highest BCUT2D eigenvalue weighted by Crippen LogP contribution is 2.41. The molecule has 3 atom stereocenters. The molecule has 0 spiro atoms. The Balaban J connectivity index is 1.36. The third kappa shape index (κ3) is 3.71. The third-order valence-corrected chi connectivity index (χ3v) is 8.07. The van der Waals surface area contributed by atoms with Gasteiger partial charge in [-0.2, -0.15) is 0 Å². The van der Waals surface area contributed by atoms with Gasteiger partial charge in [-0.05, 0) is 70.8 Å². The maximum atomic E-state index is 13.9. The highest BCUT2D eigenvalue weighted by atomic mass is 16.2. The van der Waals surface area contributed by atoms with E-state index in [-0.39, 0.29) is 0 Å². The first-order valence-electron chi connectivity index (χ1n) is 12.1. The summed E-state index contributed by atoms with van der Waals surface area (Å²) in [7, 11) is 0. The highest BCUT2D eigenvalue weighted by molar-refractivity contribution is 5.95. The topological polar surface area (TPSA) is 47.6 Å². The van der Waals surface area contributed by atoms with E-state index < -0.39 is 0 Å². The molecule has 1 amide bonds. The largest absolute Gasteiger partial charge is 0.369 e. The van der Waals surface area contributed by atoms with Crippen LogP contribution in [0.25, 0.3) is 0 Å². The molecule has 0 aromatic heterocycles. The van der Waals surface area contributed by atoms with Crippen molar-refractivity contribution in [3.05, 3.63) is 23.0 Å². The van der Waals surface area contributed by atoms with Crippen LogP contribution in [0.15, 0.2) is 23.0 Å². The lowest BCUT2D eigenvalue weighted by Crippen LogP contribution is -2.47. The summed E-state index contributed by atoms with van der Waals surface area (Å²) in [5.74, 6) is 0.357. The van der Waals surface area contributed by atoms with Crippen LogP contribution in [0, 0.1) is 0 Å². The third-order valence-electron chi connectivity index (χ3n) is 8.07. The smallest absolute Gasteiger partial charge is 0.252 e. The van der Waals surface area contributed by atoms with E-state index >= 15 is 0 Å². The van der Waals surface area contributed by atoms with E-state index in [9.17, 15) is 4.79 Å². The number of allylic oxidation sites excluding steroid dienone is 1. The molecule has 2 N–H and O–H groups in total. The number of amides is 1. The summed E-state index contributed by atoms with van der Waals surface area (Å²) in [5.41, 5.74) is 10.4. The van der Waals surface area contributed by atoms with Crippen LogP contribution in [0.3, 0.4) is 0 Å². The van der Waals surface area contributed by atoms with Crippen molar-refractivity contribution < 1.29 is 4.79 Å². The van der Waals surface area contributed by atoms with Gasteiger partial charge in [0.25, 0.3) is 5.91 Å². The van der Waals surface area contributed by atoms with Gasteiger partial charge in [0.15, 0.2) is 0 Å². The first kappa shape index (κ1) is 19.5. The predicted molar refractivity (Wildman–Crippen MR) is 116 cm³/mol. The van der Waals surface area contributed by atoms with Gasteiger partial charge in [0, 0.05) is 47.7 Å². The van der Waals surface area contributed by atoms with Crippen molar-refractivity contribution in [2.24, 2.45) is 0 Å². The second-order valence-corrected chi connectivity index (χ2v) is 10.1. The molecule has 3 saturated carbocycles. The van der Waals surface area contributed by atoms with E-state index in [2.05, 4.69) is 40.7 Å². The zero-order chi connectivity index (χ0) is 20.0. The summed E-state index contributed by atoms with van der Waals surface area (Å²) < 4.78 is 0. The van der Waals surface area contributed by atoms with Gasteiger partial charge in [-0.25, -0.2) is 5.43 Å². The maximum Gasteiger partial charge on any atom is 0.252 e. The normalized spacial score (nSPS) is 33.2. The van der Waals surface area contributed by atoms with Gasteiger partial charge in [-0.1, -0.05) is 25.7 Å². The summed E-state index contributed by atoms with van der Waals surface area (Å²) in [6, 6.07) is 2.44. The molecule has 2 aliphatic heterocycles. The van der Waals surface area contributed by atoms with E-state index in [0.29, 0.717) is 36.1 Å². The van der Waals surface area contributed by atoms with E-state index in [4.69, 9.17) is 0 Å². The van der Waals surface area contributed by atoms with Crippen LogP contribution in [0.2, 0.25) is 0 Å². The van der Waals surface area contributed by atoms with Crippen LogP contribution in [0.5, 0.6) is 0 Å². The molecular weight excluding hydrogens is 360 g/mol. The van der Waals surface area contributed by atoms with Crippen molar-refractivity contribution in [1.82, 2.24) is 20.7 Å². The molecule has 3 fully saturated rings. The number of hydrazine groups is 1. The van der Waals surface area contributed by atoms with Crippen molar-refractivity contribution in [3.8, 4) is 0 Å². The van der Waals surface area contributed by atoms with Crippen molar-refractivity contribution in [2.45, 2.75) is 121 Å². The molecule has 5 nitrogen and oxygen atoms in total. The van der Waals surface area contributed by atoms with Crippen molar-refractivity contribution >= 4 is 5.91 Å². The Kier molecular flexibility index (Phi) is 5.35. The molecule has 0 saturated heterocycles. The van der Waals surface area contributed by atoms with Gasteiger partial charge in [0.05, 0.1) is 0 Å². The molecule has 5 rings (SSSR count).